The summed E-state index contributed by atoms with van der Waals surface area (Å²) < 4.78 is 0. The zero-order chi connectivity index (χ0) is 10.8. The first kappa shape index (κ1) is 10.5. The fourth-order valence-electron chi connectivity index (χ4n) is 2.35. The first-order valence-electron chi connectivity index (χ1n) is 5.66. The lowest BCUT2D eigenvalue weighted by molar-refractivity contribution is 0.221. The Kier molecular flexibility index (Phi) is 2.96. The van der Waals surface area contributed by atoms with Crippen molar-refractivity contribution in [3.05, 3.63) is 29.8 Å². The molecular weight excluding hydrogens is 186 g/mol. The van der Waals surface area contributed by atoms with E-state index in [1.54, 1.807) is 0 Å². The molecule has 2 nitrogen and oxygen atoms in total. The Bertz CT molecular complexity index is 320. The first-order chi connectivity index (χ1) is 7.22. The van der Waals surface area contributed by atoms with Crippen molar-refractivity contribution in [3.8, 4) is 0 Å². The largest absolute Gasteiger partial charge is 0.396 e. The molecule has 1 aliphatic heterocycles. The average molecular weight is 205 g/mol. The van der Waals surface area contributed by atoms with E-state index in [9.17, 15) is 5.11 Å². The van der Waals surface area contributed by atoms with Crippen molar-refractivity contribution in [2.24, 2.45) is 5.92 Å². The van der Waals surface area contributed by atoms with Crippen LogP contribution in [-0.4, -0.2) is 24.3 Å². The van der Waals surface area contributed by atoms with Crippen LogP contribution in [0.2, 0.25) is 0 Å². The molecule has 2 rings (SSSR count). The van der Waals surface area contributed by atoms with Gasteiger partial charge in [-0.1, -0.05) is 17.7 Å². The highest BCUT2D eigenvalue weighted by atomic mass is 16.3. The second kappa shape index (κ2) is 4.23. The van der Waals surface area contributed by atoms with Gasteiger partial charge in [-0.3, -0.25) is 0 Å². The zero-order valence-corrected chi connectivity index (χ0v) is 9.48. The second-order valence-electron chi connectivity index (χ2n) is 4.50. The molecule has 2 unspecified atom stereocenters. The molecule has 1 aromatic carbocycles. The predicted octanol–water partition coefficient (Wildman–Crippen LogP) is 2.20. The summed E-state index contributed by atoms with van der Waals surface area (Å²) in [6.45, 7) is 5.68. The van der Waals surface area contributed by atoms with Crippen LogP contribution in [0.5, 0.6) is 0 Å². The molecular formula is C13H19NO. The highest BCUT2D eigenvalue weighted by Crippen LogP contribution is 2.29. The van der Waals surface area contributed by atoms with Crippen LogP contribution in [0.15, 0.2) is 24.3 Å². The molecule has 0 bridgehead atoms. The monoisotopic (exact) mass is 205 g/mol. The number of aliphatic hydroxyl groups is 1. The Morgan fingerprint density at radius 2 is 2.00 bits per heavy atom. The summed E-state index contributed by atoms with van der Waals surface area (Å²) in [4.78, 5) is 2.39. The molecule has 1 saturated heterocycles. The number of hydrogen-bond donors (Lipinski definition) is 1. The van der Waals surface area contributed by atoms with E-state index < -0.39 is 0 Å². The smallest absolute Gasteiger partial charge is 0.0479 e. The van der Waals surface area contributed by atoms with E-state index in [-0.39, 0.29) is 0 Å². The van der Waals surface area contributed by atoms with Gasteiger partial charge in [0.05, 0.1) is 0 Å². The third-order valence-electron chi connectivity index (χ3n) is 3.51. The molecule has 15 heavy (non-hydrogen) atoms. The number of aliphatic hydroxyl groups excluding tert-OH is 1. The van der Waals surface area contributed by atoms with Gasteiger partial charge < -0.3 is 10.0 Å². The van der Waals surface area contributed by atoms with E-state index in [4.69, 9.17) is 0 Å². The van der Waals surface area contributed by atoms with Gasteiger partial charge in [0.25, 0.3) is 0 Å². The number of nitrogens with zero attached hydrogens (tertiary/aromatic N) is 1. The van der Waals surface area contributed by atoms with Crippen molar-refractivity contribution >= 4 is 5.69 Å². The van der Waals surface area contributed by atoms with E-state index in [1.807, 2.05) is 0 Å². The summed E-state index contributed by atoms with van der Waals surface area (Å²) in [6.07, 6.45) is 1.10. The molecule has 1 fully saturated rings. The molecule has 82 valence electrons. The van der Waals surface area contributed by atoms with Gasteiger partial charge in [-0.15, -0.1) is 0 Å². The van der Waals surface area contributed by atoms with Gasteiger partial charge in [0.1, 0.15) is 0 Å². The summed E-state index contributed by atoms with van der Waals surface area (Å²) in [7, 11) is 0. The molecule has 0 aromatic heterocycles. The Balaban J connectivity index is 2.15. The van der Waals surface area contributed by atoms with E-state index in [0.717, 1.165) is 13.0 Å². The molecule has 0 spiro atoms. The molecule has 2 heteroatoms. The molecule has 0 aliphatic carbocycles. The fourth-order valence-corrected chi connectivity index (χ4v) is 2.35. The van der Waals surface area contributed by atoms with Crippen LogP contribution in [0, 0.1) is 12.8 Å². The lowest BCUT2D eigenvalue weighted by Crippen LogP contribution is -2.30. The van der Waals surface area contributed by atoms with Gasteiger partial charge >= 0.3 is 0 Å². The topological polar surface area (TPSA) is 23.5 Å². The Labute approximate surface area is 91.5 Å². The summed E-state index contributed by atoms with van der Waals surface area (Å²) in [5.74, 6) is 0.436. The number of hydrogen-bond acceptors (Lipinski definition) is 2. The van der Waals surface area contributed by atoms with Crippen LogP contribution in [-0.2, 0) is 0 Å². The van der Waals surface area contributed by atoms with Crippen molar-refractivity contribution in [2.75, 3.05) is 18.1 Å². The summed E-state index contributed by atoms with van der Waals surface area (Å²) in [6, 6.07) is 9.09. The fraction of sp³-hybridized carbons (Fsp3) is 0.538. The highest BCUT2D eigenvalue weighted by molar-refractivity contribution is 5.49. The normalized spacial score (nSPS) is 25.9. The molecule has 1 aliphatic rings. The van der Waals surface area contributed by atoms with Gasteiger partial charge in [-0.05, 0) is 32.4 Å². The molecule has 0 radical (unpaired) electrons. The predicted molar refractivity (Wildman–Crippen MR) is 63.2 cm³/mol. The van der Waals surface area contributed by atoms with Crippen LogP contribution in [0.1, 0.15) is 18.9 Å². The van der Waals surface area contributed by atoms with Crippen molar-refractivity contribution in [2.45, 2.75) is 26.3 Å². The minimum absolute atomic E-state index is 0.309. The average Bonchev–Trinajstić information content (AvgIpc) is 2.61. The number of aryl methyl sites for hydroxylation is 1. The van der Waals surface area contributed by atoms with E-state index in [1.165, 1.54) is 11.3 Å². The standard InChI is InChI=1S/C13H19NO/c1-10-3-5-13(6-4-10)14-8-7-12(9-15)11(14)2/h3-6,11-12,15H,7-9H2,1-2H3. The second-order valence-corrected chi connectivity index (χ2v) is 4.50. The SMILES string of the molecule is Cc1ccc(N2CCC(CO)C2C)cc1. The summed E-state index contributed by atoms with van der Waals surface area (Å²) in [5.41, 5.74) is 2.58. The van der Waals surface area contributed by atoms with Crippen molar-refractivity contribution in [1.29, 1.82) is 0 Å². The van der Waals surface area contributed by atoms with E-state index >= 15 is 0 Å². The third-order valence-corrected chi connectivity index (χ3v) is 3.51. The molecule has 1 N–H and O–H groups in total. The highest BCUT2D eigenvalue weighted by Gasteiger charge is 2.29. The molecule has 0 amide bonds. The van der Waals surface area contributed by atoms with Gasteiger partial charge in [0, 0.05) is 30.8 Å². The van der Waals surface area contributed by atoms with Crippen LogP contribution in [0.4, 0.5) is 5.69 Å². The molecule has 1 aromatic rings. The van der Waals surface area contributed by atoms with Crippen LogP contribution < -0.4 is 4.90 Å². The molecule has 2 atom stereocenters. The Hall–Kier alpha value is -1.02. The summed E-state index contributed by atoms with van der Waals surface area (Å²) in [5, 5.41) is 9.22. The van der Waals surface area contributed by atoms with E-state index in [0.29, 0.717) is 18.6 Å². The minimum atomic E-state index is 0.309. The zero-order valence-electron chi connectivity index (χ0n) is 9.48. The van der Waals surface area contributed by atoms with Crippen LogP contribution in [0.3, 0.4) is 0 Å². The van der Waals surface area contributed by atoms with Gasteiger partial charge in [-0.25, -0.2) is 0 Å². The summed E-state index contributed by atoms with van der Waals surface area (Å²) >= 11 is 0. The number of benzene rings is 1. The lowest BCUT2D eigenvalue weighted by Gasteiger charge is -2.26. The molecule has 0 saturated carbocycles. The Morgan fingerprint density at radius 3 is 2.53 bits per heavy atom. The maximum atomic E-state index is 9.22. The maximum Gasteiger partial charge on any atom is 0.0479 e. The molecule has 1 heterocycles. The quantitative estimate of drug-likeness (QED) is 0.800. The van der Waals surface area contributed by atoms with Crippen molar-refractivity contribution in [3.63, 3.8) is 0 Å². The number of rotatable bonds is 2. The Morgan fingerprint density at radius 1 is 1.33 bits per heavy atom. The van der Waals surface area contributed by atoms with Gasteiger partial charge in [0.2, 0.25) is 0 Å². The van der Waals surface area contributed by atoms with Crippen molar-refractivity contribution in [1.82, 2.24) is 0 Å². The number of anilines is 1. The van der Waals surface area contributed by atoms with Gasteiger partial charge in [-0.2, -0.15) is 0 Å². The van der Waals surface area contributed by atoms with Crippen LogP contribution >= 0.6 is 0 Å². The third kappa shape index (κ3) is 2.00. The van der Waals surface area contributed by atoms with Crippen molar-refractivity contribution < 1.29 is 5.11 Å². The minimum Gasteiger partial charge on any atom is -0.396 e. The lowest BCUT2D eigenvalue weighted by atomic mass is 10.0. The van der Waals surface area contributed by atoms with Crippen LogP contribution in [0.25, 0.3) is 0 Å². The van der Waals surface area contributed by atoms with E-state index in [2.05, 4.69) is 43.0 Å². The maximum absolute atomic E-state index is 9.22. The van der Waals surface area contributed by atoms with Gasteiger partial charge in [0.15, 0.2) is 0 Å². The first-order valence-corrected chi connectivity index (χ1v) is 5.66.